The van der Waals surface area contributed by atoms with Gasteiger partial charge < -0.3 is 9.80 Å². The average molecular weight is 1030 g/mol. The second kappa shape index (κ2) is 27.2. The molecule has 7 nitrogen and oxygen atoms in total. The minimum absolute atomic E-state index is 0. The molecule has 0 N–H and O–H groups in total. The van der Waals surface area contributed by atoms with Gasteiger partial charge in [-0.1, -0.05) is 109 Å². The number of amides is 1. The number of thiocarbonyl (C=S) groups is 1. The highest BCUT2D eigenvalue weighted by molar-refractivity contribution is 14.0. The molecule has 2 fully saturated rings. The topological polar surface area (TPSA) is 59.2 Å². The van der Waals surface area contributed by atoms with Crippen molar-refractivity contribution in [2.45, 2.75) is 213 Å². The molecule has 4 rings (SSSR count). The molecule has 332 valence electrons. The molecule has 0 saturated heterocycles. The van der Waals surface area contributed by atoms with Gasteiger partial charge in [0.2, 0.25) is 0 Å². The largest absolute Gasteiger partial charge is 0.360 e. The first kappa shape index (κ1) is 61.9. The summed E-state index contributed by atoms with van der Waals surface area (Å²) in [6, 6.07) is 0. The molecule has 2 heterocycles. The molecular formula is C46H92I2N6OS. The van der Waals surface area contributed by atoms with Gasteiger partial charge in [0, 0.05) is 50.7 Å². The first-order valence-electron chi connectivity index (χ1n) is 21.6. The van der Waals surface area contributed by atoms with E-state index in [1.54, 1.807) is 0 Å². The van der Waals surface area contributed by atoms with Gasteiger partial charge in [0.1, 0.15) is 4.99 Å². The van der Waals surface area contributed by atoms with Crippen LogP contribution in [0, 0.1) is 24.7 Å². The van der Waals surface area contributed by atoms with E-state index in [1.165, 1.54) is 44.9 Å². The summed E-state index contributed by atoms with van der Waals surface area (Å²) in [5.74, 6) is 0.728. The van der Waals surface area contributed by atoms with Gasteiger partial charge in [-0.25, -0.2) is 0 Å². The lowest BCUT2D eigenvalue weighted by molar-refractivity contribution is 0.0594. The summed E-state index contributed by atoms with van der Waals surface area (Å²) >= 11 is 5.89. The van der Waals surface area contributed by atoms with Crippen LogP contribution >= 0.6 is 60.2 Å². The smallest absolute Gasteiger partial charge is 0.257 e. The summed E-state index contributed by atoms with van der Waals surface area (Å²) in [5, 5.41) is 9.25. The Bertz CT molecular complexity index is 1310. The zero-order valence-corrected chi connectivity index (χ0v) is 46.6. The number of aromatic nitrogens is 4. The summed E-state index contributed by atoms with van der Waals surface area (Å²) in [7, 11) is 8.01. The van der Waals surface area contributed by atoms with Crippen molar-refractivity contribution in [3.63, 3.8) is 0 Å². The maximum atomic E-state index is 13.2. The third-order valence-corrected chi connectivity index (χ3v) is 12.0. The number of carbonyl (C=O) groups excluding carboxylic acids is 1. The third kappa shape index (κ3) is 17.5. The molecule has 0 radical (unpaired) electrons. The monoisotopic (exact) mass is 1030 g/mol. The fourth-order valence-electron chi connectivity index (χ4n) is 5.97. The van der Waals surface area contributed by atoms with Crippen LogP contribution in [0.2, 0.25) is 0 Å². The van der Waals surface area contributed by atoms with Gasteiger partial charge in [-0.15, -0.1) is 48.0 Å². The van der Waals surface area contributed by atoms with E-state index in [-0.39, 0.29) is 70.9 Å². The van der Waals surface area contributed by atoms with Crippen LogP contribution in [0.15, 0.2) is 0 Å². The van der Waals surface area contributed by atoms with Gasteiger partial charge in [-0.2, -0.15) is 10.2 Å². The number of hydrogen-bond donors (Lipinski definition) is 0. The molecule has 56 heavy (non-hydrogen) atoms. The highest BCUT2D eigenvalue weighted by Gasteiger charge is 2.41. The molecule has 0 bridgehead atoms. The molecule has 2 saturated carbocycles. The molecule has 0 aromatic carbocycles. The number of aryl methyl sites for hydroxylation is 2. The summed E-state index contributed by atoms with van der Waals surface area (Å²) in [6.07, 6.45) is 10.1. The van der Waals surface area contributed by atoms with Crippen molar-refractivity contribution in [1.82, 2.24) is 29.4 Å². The van der Waals surface area contributed by atoms with Crippen LogP contribution in [-0.4, -0.2) is 65.4 Å². The van der Waals surface area contributed by atoms with Crippen LogP contribution in [0.5, 0.6) is 0 Å². The van der Waals surface area contributed by atoms with Crippen LogP contribution in [-0.2, 0) is 14.1 Å². The molecular weight excluding hydrogens is 938 g/mol. The maximum absolute atomic E-state index is 13.2. The molecule has 2 aromatic heterocycles. The van der Waals surface area contributed by atoms with Crippen LogP contribution in [0.25, 0.3) is 0 Å². The number of nitrogens with zero attached hydrogens (tertiary/aromatic N) is 6. The number of rotatable bonds is 12. The van der Waals surface area contributed by atoms with Crippen LogP contribution < -0.4 is 0 Å². The highest BCUT2D eigenvalue weighted by Crippen LogP contribution is 2.51. The van der Waals surface area contributed by atoms with Gasteiger partial charge in [-0.3, -0.25) is 14.2 Å². The summed E-state index contributed by atoms with van der Waals surface area (Å²) in [4.78, 5) is 18.3. The quantitative estimate of drug-likeness (QED) is 0.157. The standard InChI is InChI=1S/C19H33N3O.C19H33N3S.4C2H6.2HI/c2*1-13(2)16-15(14(3)22(8)20-16)17(23)21(7)18(4,5)9-10-19(6)11-12-19;4*1-2;;/h2*13H,9-12H2,1-8H3;4*1-2H3;2*1H. The summed E-state index contributed by atoms with van der Waals surface area (Å²) < 4.78 is 3.79. The molecule has 1 amide bonds. The maximum Gasteiger partial charge on any atom is 0.257 e. The molecule has 10 heteroatoms. The average Bonchev–Trinajstić information content (AvgIpc) is 4.03. The van der Waals surface area contributed by atoms with E-state index in [0.717, 1.165) is 45.3 Å². The highest BCUT2D eigenvalue weighted by atomic mass is 127. The van der Waals surface area contributed by atoms with E-state index >= 15 is 0 Å². The van der Waals surface area contributed by atoms with Gasteiger partial charge in [-0.05, 0) is 116 Å². The Labute approximate surface area is 388 Å². The second-order valence-electron chi connectivity index (χ2n) is 17.2. The van der Waals surface area contributed by atoms with Gasteiger partial charge in [0.15, 0.2) is 0 Å². The predicted molar refractivity (Wildman–Crippen MR) is 273 cm³/mol. The molecule has 0 atom stereocenters. The molecule has 0 aliphatic heterocycles. The van der Waals surface area contributed by atoms with Crippen molar-refractivity contribution in [3.05, 3.63) is 33.9 Å². The second-order valence-corrected chi connectivity index (χ2v) is 17.6. The van der Waals surface area contributed by atoms with E-state index < -0.39 is 0 Å². The normalized spacial score (nSPS) is 14.2. The molecule has 2 aromatic rings. The zero-order valence-electron chi connectivity index (χ0n) is 41.1. The Balaban J connectivity index is -0.000000397. The lowest BCUT2D eigenvalue weighted by Gasteiger charge is -2.39. The van der Waals surface area contributed by atoms with E-state index in [9.17, 15) is 4.79 Å². The van der Waals surface area contributed by atoms with Crippen molar-refractivity contribution in [2.75, 3.05) is 14.1 Å². The lowest BCUT2D eigenvalue weighted by atomic mass is 9.89. The van der Waals surface area contributed by atoms with Crippen molar-refractivity contribution in [2.24, 2.45) is 24.9 Å². The van der Waals surface area contributed by atoms with E-state index in [4.69, 9.17) is 17.3 Å². The Hall–Kier alpha value is -0.760. The van der Waals surface area contributed by atoms with E-state index in [1.807, 2.05) is 97.7 Å². The van der Waals surface area contributed by atoms with Crippen molar-refractivity contribution in [1.29, 1.82) is 0 Å². The Morgan fingerprint density at radius 3 is 1.25 bits per heavy atom. The van der Waals surface area contributed by atoms with Crippen LogP contribution in [0.1, 0.15) is 227 Å². The van der Waals surface area contributed by atoms with Gasteiger partial charge >= 0.3 is 0 Å². The Morgan fingerprint density at radius 2 is 0.946 bits per heavy atom. The van der Waals surface area contributed by atoms with Crippen LogP contribution in [0.3, 0.4) is 0 Å². The van der Waals surface area contributed by atoms with Crippen LogP contribution in [0.4, 0.5) is 0 Å². The van der Waals surface area contributed by atoms with Gasteiger partial charge in [0.05, 0.1) is 22.5 Å². The molecule has 2 aliphatic carbocycles. The first-order valence-corrected chi connectivity index (χ1v) is 22.0. The lowest BCUT2D eigenvalue weighted by Crippen LogP contribution is -2.45. The van der Waals surface area contributed by atoms with E-state index in [2.05, 4.69) is 93.2 Å². The summed E-state index contributed by atoms with van der Waals surface area (Å²) in [5.41, 5.74) is 7.13. The zero-order chi connectivity index (χ0) is 43.2. The minimum Gasteiger partial charge on any atom is -0.360 e. The van der Waals surface area contributed by atoms with Crippen molar-refractivity contribution < 1.29 is 4.79 Å². The Morgan fingerprint density at radius 1 is 0.661 bits per heavy atom. The molecule has 0 spiro atoms. The molecule has 2 aliphatic rings. The fraction of sp³-hybridized carbons (Fsp3) is 0.826. The fourth-order valence-corrected chi connectivity index (χ4v) is 6.47. The SMILES string of the molecule is CC.CC.CC.CC.Cc1c(C(=O)N(C)C(C)(C)CCC2(C)CC2)c(C(C)C)nn1C.Cc1c(C(=S)N(C)C(C)(C)CCC2(C)CC2)c(C(C)C)nn1C.I.I. The Kier molecular flexibility index (Phi) is 30.0. The predicted octanol–water partition coefficient (Wildman–Crippen LogP) is 14.4. The number of carbonyl (C=O) groups is 1. The first-order chi connectivity index (χ1) is 25.0. The van der Waals surface area contributed by atoms with Crippen molar-refractivity contribution >= 4 is 71.1 Å². The molecule has 0 unspecified atom stereocenters. The summed E-state index contributed by atoms with van der Waals surface area (Å²) in [6.45, 7) is 42.4. The number of hydrogen-bond acceptors (Lipinski definition) is 4. The van der Waals surface area contributed by atoms with Gasteiger partial charge in [0.25, 0.3) is 5.91 Å². The third-order valence-electron chi connectivity index (χ3n) is 11.6. The van der Waals surface area contributed by atoms with E-state index in [0.29, 0.717) is 16.7 Å². The van der Waals surface area contributed by atoms with Crippen molar-refractivity contribution in [3.8, 4) is 0 Å². The minimum atomic E-state index is -0.140. The number of halogens is 2.